The molecule has 0 bridgehead atoms. The summed E-state index contributed by atoms with van der Waals surface area (Å²) in [5.41, 5.74) is 0.878. The number of fused-ring (bicyclic) bond motifs is 1. The van der Waals surface area contributed by atoms with Crippen molar-refractivity contribution >= 4 is 16.1 Å². The molecule has 0 unspecified atom stereocenters. The van der Waals surface area contributed by atoms with Crippen LogP contribution in [-0.4, -0.2) is 94.5 Å². The molecule has 2 aromatic carbocycles. The summed E-state index contributed by atoms with van der Waals surface area (Å²) in [6.45, 7) is 7.41. The highest BCUT2D eigenvalue weighted by Crippen LogP contribution is 2.33. The number of methoxy groups -OCH3 is 1. The van der Waals surface area contributed by atoms with E-state index >= 15 is 0 Å². The number of likely N-dealkylation sites (N-methyl/N-ethyl adjacent to an activating group) is 1. The van der Waals surface area contributed by atoms with Crippen LogP contribution in [0.4, 0.5) is 4.79 Å². The van der Waals surface area contributed by atoms with E-state index in [0.717, 1.165) is 12.1 Å². The van der Waals surface area contributed by atoms with E-state index in [0.29, 0.717) is 25.4 Å². The number of alkyl carbamates (subject to hydrolysis) is 1. The van der Waals surface area contributed by atoms with Gasteiger partial charge in [0.05, 0.1) is 43.3 Å². The summed E-state index contributed by atoms with van der Waals surface area (Å²) in [5.74, 6) is 0.371. The summed E-state index contributed by atoms with van der Waals surface area (Å²) in [4.78, 5) is 13.4. The predicted molar refractivity (Wildman–Crippen MR) is 161 cm³/mol. The molecule has 238 valence electrons. The van der Waals surface area contributed by atoms with Crippen molar-refractivity contribution in [2.75, 3.05) is 40.0 Å². The number of aliphatic hydroxyl groups excluding tert-OH is 1. The Kier molecular flexibility index (Phi) is 11.8. The smallest absolute Gasteiger partial charge is 0.407 e. The Morgan fingerprint density at radius 1 is 1.09 bits per heavy atom. The largest absolute Gasteiger partial charge is 0.497 e. The van der Waals surface area contributed by atoms with Crippen molar-refractivity contribution in [2.24, 2.45) is 11.8 Å². The lowest BCUT2D eigenvalue weighted by Crippen LogP contribution is -2.53. The van der Waals surface area contributed by atoms with Crippen LogP contribution in [0.5, 0.6) is 5.75 Å². The molecule has 0 aliphatic carbocycles. The number of sulfonamides is 1. The molecule has 1 amide bonds. The van der Waals surface area contributed by atoms with Crippen molar-refractivity contribution < 1.29 is 37.3 Å². The first-order chi connectivity index (χ1) is 20.6. The van der Waals surface area contributed by atoms with Gasteiger partial charge >= 0.3 is 6.09 Å². The number of ether oxygens (including phenoxy) is 4. The quantitative estimate of drug-likeness (QED) is 0.292. The molecular formula is C31H45N3O8S. The fraction of sp³-hybridized carbons (Fsp3) is 0.581. The number of aliphatic hydroxyl groups is 1. The molecule has 3 N–H and O–H groups in total. The summed E-state index contributed by atoms with van der Waals surface area (Å²) in [5, 5.41) is 17.8. The van der Waals surface area contributed by atoms with E-state index in [1.165, 1.54) is 23.5 Å². The first-order valence-electron chi connectivity index (χ1n) is 14.9. The Morgan fingerprint density at radius 3 is 2.47 bits per heavy atom. The number of hydrogen-bond donors (Lipinski definition) is 3. The Bertz CT molecular complexity index is 1260. The van der Waals surface area contributed by atoms with E-state index < -0.39 is 40.7 Å². The van der Waals surface area contributed by atoms with Crippen LogP contribution in [0, 0.1) is 11.8 Å². The SMILES string of the molecule is CCN[C@H]1CO[C@@H]2OCC[C@H](OC(=O)N[C@@H](Cc3ccccc3)[C@H](O)CN(CC(C)C)S(=O)(=O)c3ccc(OC)cc3)[C@@H]21. The van der Waals surface area contributed by atoms with Crippen LogP contribution in [0.25, 0.3) is 0 Å². The molecule has 2 aromatic rings. The number of amides is 1. The zero-order valence-electron chi connectivity index (χ0n) is 25.3. The molecule has 0 aromatic heterocycles. The first-order valence-corrected chi connectivity index (χ1v) is 16.4. The molecule has 0 saturated carbocycles. The highest BCUT2D eigenvalue weighted by molar-refractivity contribution is 7.89. The third-order valence-electron chi connectivity index (χ3n) is 7.78. The molecule has 43 heavy (non-hydrogen) atoms. The maximum atomic E-state index is 13.7. The van der Waals surface area contributed by atoms with Gasteiger partial charge in [0.2, 0.25) is 10.0 Å². The van der Waals surface area contributed by atoms with Gasteiger partial charge in [-0.15, -0.1) is 0 Å². The summed E-state index contributed by atoms with van der Waals surface area (Å²) < 4.78 is 51.3. The maximum Gasteiger partial charge on any atom is 0.407 e. The lowest BCUT2D eigenvalue weighted by molar-refractivity contribution is -0.180. The van der Waals surface area contributed by atoms with Crippen molar-refractivity contribution in [1.82, 2.24) is 14.9 Å². The summed E-state index contributed by atoms with van der Waals surface area (Å²) >= 11 is 0. The highest BCUT2D eigenvalue weighted by Gasteiger charge is 2.47. The van der Waals surface area contributed by atoms with Gasteiger partial charge in [-0.05, 0) is 48.7 Å². The average Bonchev–Trinajstić information content (AvgIpc) is 3.40. The predicted octanol–water partition coefficient (Wildman–Crippen LogP) is 2.78. The average molecular weight is 620 g/mol. The molecule has 4 rings (SSSR count). The van der Waals surface area contributed by atoms with Crippen LogP contribution in [0.1, 0.15) is 32.8 Å². The number of carbonyl (C=O) groups is 1. The Labute approximate surface area is 254 Å². The van der Waals surface area contributed by atoms with Crippen molar-refractivity contribution in [2.45, 2.75) is 69.1 Å². The van der Waals surface area contributed by atoms with E-state index in [1.54, 1.807) is 12.1 Å². The molecule has 2 heterocycles. The summed E-state index contributed by atoms with van der Waals surface area (Å²) in [6.07, 6.45) is -2.00. The molecule has 2 saturated heterocycles. The number of carbonyl (C=O) groups excluding carboxylic acids is 1. The fourth-order valence-corrected chi connectivity index (χ4v) is 7.30. The molecule has 11 nitrogen and oxygen atoms in total. The van der Waals surface area contributed by atoms with Gasteiger partial charge in [-0.3, -0.25) is 0 Å². The molecule has 2 aliphatic heterocycles. The Morgan fingerprint density at radius 2 is 1.81 bits per heavy atom. The minimum absolute atomic E-state index is 0.00782. The summed E-state index contributed by atoms with van der Waals surface area (Å²) in [6, 6.07) is 14.7. The van der Waals surface area contributed by atoms with Gasteiger partial charge < -0.3 is 34.7 Å². The molecule has 0 spiro atoms. The molecule has 12 heteroatoms. The van der Waals surface area contributed by atoms with Crippen LogP contribution in [0.2, 0.25) is 0 Å². The summed E-state index contributed by atoms with van der Waals surface area (Å²) in [7, 11) is -2.44. The molecular weight excluding hydrogens is 574 g/mol. The molecule has 6 atom stereocenters. The van der Waals surface area contributed by atoms with Crippen molar-refractivity contribution in [3.05, 3.63) is 60.2 Å². The van der Waals surface area contributed by atoms with Gasteiger partial charge in [0.1, 0.15) is 11.9 Å². The van der Waals surface area contributed by atoms with Crippen molar-refractivity contribution in [1.29, 1.82) is 0 Å². The normalized spacial score (nSPS) is 23.5. The maximum absolute atomic E-state index is 13.7. The number of nitrogens with zero attached hydrogens (tertiary/aromatic N) is 1. The van der Waals surface area contributed by atoms with E-state index in [2.05, 4.69) is 10.6 Å². The minimum Gasteiger partial charge on any atom is -0.497 e. The second kappa shape index (κ2) is 15.3. The third kappa shape index (κ3) is 8.68. The van der Waals surface area contributed by atoms with Crippen LogP contribution >= 0.6 is 0 Å². The molecule has 0 radical (unpaired) electrons. The van der Waals surface area contributed by atoms with Gasteiger partial charge in [-0.25, -0.2) is 13.2 Å². The van der Waals surface area contributed by atoms with Crippen molar-refractivity contribution in [3.8, 4) is 5.75 Å². The number of rotatable bonds is 14. The lowest BCUT2D eigenvalue weighted by atomic mass is 9.91. The Balaban J connectivity index is 1.52. The molecule has 2 aliphatic rings. The van der Waals surface area contributed by atoms with Crippen LogP contribution in [0.3, 0.4) is 0 Å². The van der Waals surface area contributed by atoms with Gasteiger partial charge in [0.25, 0.3) is 0 Å². The third-order valence-corrected chi connectivity index (χ3v) is 9.63. The van der Waals surface area contributed by atoms with E-state index in [4.69, 9.17) is 18.9 Å². The standard InChI is InChI=1S/C31H45N3O8S/c1-5-32-26-20-41-30-29(26)28(15-16-40-30)42-31(36)33-25(17-22-9-7-6-8-10-22)27(35)19-34(18-21(2)3)43(37,38)24-13-11-23(39-4)12-14-24/h6-14,21,25-30,32,35H,5,15-20H2,1-4H3,(H,33,36)/t25-,26-,27+,28-,29-,30-/m0/s1. The number of hydrogen-bond acceptors (Lipinski definition) is 9. The zero-order chi connectivity index (χ0) is 31.0. The van der Waals surface area contributed by atoms with E-state index in [1.807, 2.05) is 51.1 Å². The van der Waals surface area contributed by atoms with Crippen LogP contribution in [-0.2, 0) is 30.7 Å². The second-order valence-corrected chi connectivity index (χ2v) is 13.4. The lowest BCUT2D eigenvalue weighted by Gasteiger charge is -2.35. The topological polar surface area (TPSA) is 136 Å². The van der Waals surface area contributed by atoms with Crippen LogP contribution in [0.15, 0.2) is 59.5 Å². The van der Waals surface area contributed by atoms with E-state index in [9.17, 15) is 18.3 Å². The fourth-order valence-electron chi connectivity index (χ4n) is 5.68. The van der Waals surface area contributed by atoms with Crippen LogP contribution < -0.4 is 15.4 Å². The number of benzene rings is 2. The van der Waals surface area contributed by atoms with Gasteiger partial charge in [0.15, 0.2) is 6.29 Å². The first kappa shape index (κ1) is 33.2. The second-order valence-electron chi connectivity index (χ2n) is 11.4. The monoisotopic (exact) mass is 619 g/mol. The highest BCUT2D eigenvalue weighted by atomic mass is 32.2. The van der Waals surface area contributed by atoms with Gasteiger partial charge in [-0.2, -0.15) is 4.31 Å². The van der Waals surface area contributed by atoms with Gasteiger partial charge in [-0.1, -0.05) is 51.1 Å². The van der Waals surface area contributed by atoms with Gasteiger partial charge in [0, 0.05) is 25.6 Å². The van der Waals surface area contributed by atoms with Crippen molar-refractivity contribution in [3.63, 3.8) is 0 Å². The van der Waals surface area contributed by atoms with E-state index in [-0.39, 0.29) is 42.3 Å². The molecule has 2 fully saturated rings. The minimum atomic E-state index is -3.96. The Hall–Kier alpha value is -2.74. The number of nitrogens with one attached hydrogen (secondary N) is 2. The zero-order valence-corrected chi connectivity index (χ0v) is 26.2.